The SMILES string of the molecule is O=c1[nH]c2cc([N+](=O)[O-])ccc2nc1/C(=N\Nc1ccccc1)[C@@H](O)c1ccc2c(c1)OCO2. The molecular weight excluding hydrogens is 442 g/mol. The molecule has 34 heavy (non-hydrogen) atoms. The van der Waals surface area contributed by atoms with Crippen LogP contribution in [0.3, 0.4) is 0 Å². The van der Waals surface area contributed by atoms with Crippen molar-refractivity contribution in [1.82, 2.24) is 9.97 Å². The van der Waals surface area contributed by atoms with E-state index in [2.05, 4.69) is 20.5 Å². The Morgan fingerprint density at radius 3 is 2.71 bits per heavy atom. The van der Waals surface area contributed by atoms with E-state index in [0.717, 1.165) is 0 Å². The largest absolute Gasteiger partial charge is 0.454 e. The molecule has 0 unspecified atom stereocenters. The van der Waals surface area contributed by atoms with E-state index in [1.165, 1.54) is 18.2 Å². The van der Waals surface area contributed by atoms with Crippen molar-refractivity contribution in [3.63, 3.8) is 0 Å². The number of fused-ring (bicyclic) bond motifs is 2. The lowest BCUT2D eigenvalue weighted by atomic mass is 10.0. The number of nitro groups is 1. The molecular formula is C23H17N5O6. The van der Waals surface area contributed by atoms with Crippen LogP contribution in [-0.2, 0) is 0 Å². The van der Waals surface area contributed by atoms with Crippen LogP contribution in [0.4, 0.5) is 11.4 Å². The Balaban J connectivity index is 1.61. The number of benzene rings is 3. The molecule has 11 heteroatoms. The summed E-state index contributed by atoms with van der Waals surface area (Å²) in [4.78, 5) is 30.4. The Hall–Kier alpha value is -4.77. The van der Waals surface area contributed by atoms with Gasteiger partial charge >= 0.3 is 0 Å². The number of aromatic amines is 1. The van der Waals surface area contributed by atoms with Gasteiger partial charge in [-0.1, -0.05) is 24.3 Å². The quantitative estimate of drug-likeness (QED) is 0.226. The number of ether oxygens (including phenoxy) is 2. The summed E-state index contributed by atoms with van der Waals surface area (Å²) in [5.74, 6) is 1.000. The fourth-order valence-corrected chi connectivity index (χ4v) is 3.48. The van der Waals surface area contributed by atoms with Gasteiger partial charge in [-0.25, -0.2) is 4.98 Å². The molecule has 5 rings (SSSR count). The van der Waals surface area contributed by atoms with E-state index < -0.39 is 16.6 Å². The highest BCUT2D eigenvalue weighted by molar-refractivity contribution is 6.03. The number of nitrogens with zero attached hydrogens (tertiary/aromatic N) is 3. The van der Waals surface area contributed by atoms with E-state index >= 15 is 0 Å². The predicted octanol–water partition coefficient (Wildman–Crippen LogP) is 3.11. The van der Waals surface area contributed by atoms with E-state index in [-0.39, 0.29) is 29.4 Å². The predicted molar refractivity (Wildman–Crippen MR) is 123 cm³/mol. The molecule has 170 valence electrons. The summed E-state index contributed by atoms with van der Waals surface area (Å²) in [6, 6.07) is 17.8. The zero-order chi connectivity index (χ0) is 23.7. The summed E-state index contributed by atoms with van der Waals surface area (Å²) in [5.41, 5.74) is 3.32. The lowest BCUT2D eigenvalue weighted by molar-refractivity contribution is -0.384. The second kappa shape index (κ2) is 8.64. The zero-order valence-corrected chi connectivity index (χ0v) is 17.5. The van der Waals surface area contributed by atoms with Gasteiger partial charge in [-0.05, 0) is 35.9 Å². The van der Waals surface area contributed by atoms with Crippen molar-refractivity contribution in [2.45, 2.75) is 6.10 Å². The Bertz CT molecular complexity index is 1480. The van der Waals surface area contributed by atoms with Crippen LogP contribution < -0.4 is 20.5 Å². The van der Waals surface area contributed by atoms with E-state index in [4.69, 9.17) is 9.47 Å². The lowest BCUT2D eigenvalue weighted by Gasteiger charge is -2.15. The van der Waals surface area contributed by atoms with Gasteiger partial charge in [-0.2, -0.15) is 5.10 Å². The van der Waals surface area contributed by atoms with Crippen molar-refractivity contribution < 1.29 is 19.5 Å². The van der Waals surface area contributed by atoms with Crippen LogP contribution >= 0.6 is 0 Å². The standard InChI is InChI=1S/C23H17N5O6/c29-22(13-6-9-18-19(10-13)34-12-33-18)20(27-26-14-4-2-1-3-5-14)21-23(30)25-17-11-15(28(31)32)7-8-16(17)24-21/h1-11,22,26,29H,12H2,(H,25,30)/b27-20+/t22-/m0/s1. The highest BCUT2D eigenvalue weighted by Gasteiger charge is 2.25. The molecule has 0 bridgehead atoms. The van der Waals surface area contributed by atoms with Crippen LogP contribution in [0.25, 0.3) is 11.0 Å². The summed E-state index contributed by atoms with van der Waals surface area (Å²) in [5, 5.41) is 26.6. The van der Waals surface area contributed by atoms with Crippen LogP contribution in [0.1, 0.15) is 17.4 Å². The van der Waals surface area contributed by atoms with Gasteiger partial charge in [0.2, 0.25) is 6.79 Å². The average molecular weight is 459 g/mol. The van der Waals surface area contributed by atoms with Crippen LogP contribution in [0.5, 0.6) is 11.5 Å². The third-order valence-corrected chi connectivity index (χ3v) is 5.18. The first-order chi connectivity index (χ1) is 16.5. The molecule has 1 atom stereocenters. The maximum Gasteiger partial charge on any atom is 0.276 e. The number of aliphatic hydroxyl groups excluding tert-OH is 1. The van der Waals surface area contributed by atoms with Crippen LogP contribution in [-0.4, -0.2) is 32.5 Å². The topological polar surface area (TPSA) is 152 Å². The number of aliphatic hydroxyl groups is 1. The first kappa shape index (κ1) is 21.1. The number of hydrogen-bond acceptors (Lipinski definition) is 9. The normalized spacial score (nSPS) is 13.6. The van der Waals surface area contributed by atoms with E-state index in [0.29, 0.717) is 28.3 Å². The number of non-ortho nitro benzene ring substituents is 1. The minimum Gasteiger partial charge on any atom is -0.454 e. The number of nitrogens with one attached hydrogen (secondary N) is 2. The zero-order valence-electron chi connectivity index (χ0n) is 17.5. The van der Waals surface area contributed by atoms with Gasteiger partial charge in [0.15, 0.2) is 17.2 Å². The Kier molecular flexibility index (Phi) is 5.36. The first-order valence-electron chi connectivity index (χ1n) is 10.1. The number of H-pyrrole nitrogens is 1. The molecule has 2 heterocycles. The van der Waals surface area contributed by atoms with Gasteiger partial charge in [-0.3, -0.25) is 20.3 Å². The van der Waals surface area contributed by atoms with Crippen molar-refractivity contribution in [2.75, 3.05) is 12.2 Å². The molecule has 1 aliphatic heterocycles. The summed E-state index contributed by atoms with van der Waals surface area (Å²) >= 11 is 0. The van der Waals surface area contributed by atoms with Crippen molar-refractivity contribution in [2.24, 2.45) is 5.10 Å². The van der Waals surface area contributed by atoms with Crippen LogP contribution in [0.2, 0.25) is 0 Å². The van der Waals surface area contributed by atoms with Crippen molar-refractivity contribution in [1.29, 1.82) is 0 Å². The van der Waals surface area contributed by atoms with Crippen LogP contribution in [0, 0.1) is 10.1 Å². The average Bonchev–Trinajstić information content (AvgIpc) is 3.32. The Morgan fingerprint density at radius 1 is 1.12 bits per heavy atom. The molecule has 1 aromatic heterocycles. The molecule has 3 aromatic carbocycles. The minimum atomic E-state index is -1.35. The maximum absolute atomic E-state index is 12.9. The van der Waals surface area contributed by atoms with Gasteiger partial charge in [0, 0.05) is 12.1 Å². The third-order valence-electron chi connectivity index (χ3n) is 5.18. The van der Waals surface area contributed by atoms with Crippen LogP contribution in [0.15, 0.2) is 76.6 Å². The van der Waals surface area contributed by atoms with Gasteiger partial charge in [0.25, 0.3) is 11.2 Å². The fourth-order valence-electron chi connectivity index (χ4n) is 3.48. The number of para-hydroxylation sites is 1. The molecule has 0 saturated heterocycles. The molecule has 3 N–H and O–H groups in total. The molecule has 4 aromatic rings. The summed E-state index contributed by atoms with van der Waals surface area (Å²) < 4.78 is 10.7. The molecule has 11 nitrogen and oxygen atoms in total. The summed E-state index contributed by atoms with van der Waals surface area (Å²) in [7, 11) is 0. The highest BCUT2D eigenvalue weighted by Crippen LogP contribution is 2.35. The molecule has 0 radical (unpaired) electrons. The third kappa shape index (κ3) is 4.02. The summed E-state index contributed by atoms with van der Waals surface area (Å²) in [6.45, 7) is 0.0728. The van der Waals surface area contributed by atoms with Crippen molar-refractivity contribution >= 4 is 28.1 Å². The number of anilines is 1. The number of aromatic nitrogens is 2. The molecule has 1 aliphatic rings. The van der Waals surface area contributed by atoms with Gasteiger partial charge < -0.3 is 19.6 Å². The van der Waals surface area contributed by atoms with Gasteiger partial charge in [-0.15, -0.1) is 0 Å². The van der Waals surface area contributed by atoms with Gasteiger partial charge in [0.05, 0.1) is 21.6 Å². The number of hydrazone groups is 1. The monoisotopic (exact) mass is 459 g/mol. The first-order valence-corrected chi connectivity index (χ1v) is 10.1. The molecule has 0 saturated carbocycles. The van der Waals surface area contributed by atoms with Crippen molar-refractivity contribution in [3.8, 4) is 11.5 Å². The maximum atomic E-state index is 12.9. The minimum absolute atomic E-state index is 0.0516. The number of rotatable bonds is 6. The highest BCUT2D eigenvalue weighted by atomic mass is 16.7. The Morgan fingerprint density at radius 2 is 1.91 bits per heavy atom. The van der Waals surface area contributed by atoms with Crippen molar-refractivity contribution in [3.05, 3.63) is 98.5 Å². The van der Waals surface area contributed by atoms with Gasteiger partial charge in [0.1, 0.15) is 11.8 Å². The number of hydrogen-bond donors (Lipinski definition) is 3. The second-order valence-corrected chi connectivity index (χ2v) is 7.36. The molecule has 0 spiro atoms. The molecule has 0 fully saturated rings. The second-order valence-electron chi connectivity index (χ2n) is 7.36. The fraction of sp³-hybridized carbons (Fsp3) is 0.0870. The molecule has 0 amide bonds. The van der Waals surface area contributed by atoms with E-state index in [1.807, 2.05) is 6.07 Å². The smallest absolute Gasteiger partial charge is 0.276 e. The molecule has 0 aliphatic carbocycles. The lowest BCUT2D eigenvalue weighted by Crippen LogP contribution is -2.26. The summed E-state index contributed by atoms with van der Waals surface area (Å²) in [6.07, 6.45) is -1.35. The van der Waals surface area contributed by atoms with E-state index in [1.54, 1.807) is 42.5 Å². The van der Waals surface area contributed by atoms with E-state index in [9.17, 15) is 20.0 Å². The Labute approximate surface area is 191 Å². The number of nitro benzene ring substituents is 1.